The van der Waals surface area contributed by atoms with E-state index in [-0.39, 0.29) is 5.82 Å². The zero-order chi connectivity index (χ0) is 20.0. The summed E-state index contributed by atoms with van der Waals surface area (Å²) in [5.41, 5.74) is 4.93. The number of likely N-dealkylation sites (tertiary alicyclic amines) is 1. The molecular weight excluding hydrogens is 363 g/mol. The molecule has 1 aromatic carbocycles. The molecule has 1 saturated heterocycles. The first-order valence-electron chi connectivity index (χ1n) is 11.0. The average Bonchev–Trinajstić information content (AvgIpc) is 3.46. The Morgan fingerprint density at radius 3 is 2.48 bits per heavy atom. The summed E-state index contributed by atoms with van der Waals surface area (Å²) in [6.07, 6.45) is 7.77. The zero-order valence-corrected chi connectivity index (χ0v) is 17.2. The monoisotopic (exact) mass is 392 g/mol. The number of amides is 1. The van der Waals surface area contributed by atoms with Crippen LogP contribution in [-0.2, 0) is 11.2 Å². The highest BCUT2D eigenvalue weighted by molar-refractivity contribution is 5.83. The van der Waals surface area contributed by atoms with Crippen molar-refractivity contribution in [3.05, 3.63) is 64.7 Å². The molecule has 2 aliphatic carbocycles. The second-order valence-electron chi connectivity index (χ2n) is 9.42. The van der Waals surface area contributed by atoms with E-state index in [0.717, 1.165) is 55.7 Å². The lowest BCUT2D eigenvalue weighted by Crippen LogP contribution is -2.40. The highest BCUT2D eigenvalue weighted by Crippen LogP contribution is 2.66. The molecule has 1 aromatic heterocycles. The molecule has 3 nitrogen and oxygen atoms in total. The Morgan fingerprint density at radius 2 is 1.86 bits per heavy atom. The highest BCUT2D eigenvalue weighted by atomic mass is 19.1. The molecule has 0 radical (unpaired) electrons. The van der Waals surface area contributed by atoms with Crippen molar-refractivity contribution in [1.29, 1.82) is 0 Å². The second kappa shape index (κ2) is 7.23. The second-order valence-corrected chi connectivity index (χ2v) is 9.42. The van der Waals surface area contributed by atoms with Gasteiger partial charge in [-0.1, -0.05) is 18.6 Å². The summed E-state index contributed by atoms with van der Waals surface area (Å²) < 4.78 is 13.2. The maximum absolute atomic E-state index is 13.2. The molecule has 152 valence electrons. The van der Waals surface area contributed by atoms with E-state index in [1.807, 2.05) is 19.1 Å². The summed E-state index contributed by atoms with van der Waals surface area (Å²) in [5.74, 6) is 0.962. The molecular formula is C25H29FN2O. The van der Waals surface area contributed by atoms with E-state index in [1.165, 1.54) is 37.0 Å². The van der Waals surface area contributed by atoms with Gasteiger partial charge in [-0.25, -0.2) is 4.39 Å². The molecule has 29 heavy (non-hydrogen) atoms. The van der Waals surface area contributed by atoms with Crippen molar-refractivity contribution >= 4 is 5.91 Å². The summed E-state index contributed by atoms with van der Waals surface area (Å²) in [6.45, 7) is 3.76. The molecule has 3 aliphatic rings. The van der Waals surface area contributed by atoms with Crippen molar-refractivity contribution in [2.75, 3.05) is 13.1 Å². The van der Waals surface area contributed by atoms with Crippen LogP contribution in [0.25, 0.3) is 0 Å². The lowest BCUT2D eigenvalue weighted by Gasteiger charge is -2.34. The normalized spacial score (nSPS) is 23.1. The van der Waals surface area contributed by atoms with E-state index >= 15 is 0 Å². The Morgan fingerprint density at radius 1 is 1.14 bits per heavy atom. The fourth-order valence-corrected chi connectivity index (χ4v) is 5.41. The minimum Gasteiger partial charge on any atom is -0.342 e. The third-order valence-electron chi connectivity index (χ3n) is 7.42. The number of rotatable bonds is 4. The average molecular weight is 393 g/mol. The van der Waals surface area contributed by atoms with Crippen LogP contribution in [0.1, 0.15) is 67.0 Å². The van der Waals surface area contributed by atoms with Gasteiger partial charge in [0.1, 0.15) is 5.82 Å². The van der Waals surface area contributed by atoms with Crippen LogP contribution in [-0.4, -0.2) is 28.9 Å². The van der Waals surface area contributed by atoms with Crippen LogP contribution in [0.4, 0.5) is 4.39 Å². The number of benzene rings is 1. The van der Waals surface area contributed by atoms with Gasteiger partial charge in [0.2, 0.25) is 5.91 Å². The van der Waals surface area contributed by atoms with E-state index in [9.17, 15) is 9.18 Å². The molecule has 5 rings (SSSR count). The Labute approximate surface area is 172 Å². The maximum Gasteiger partial charge on any atom is 0.226 e. The van der Waals surface area contributed by atoms with Crippen LogP contribution in [0, 0.1) is 24.1 Å². The Hall–Kier alpha value is -2.23. The first kappa shape index (κ1) is 18.8. The number of halogens is 1. The molecule has 3 fully saturated rings. The zero-order valence-electron chi connectivity index (χ0n) is 17.2. The summed E-state index contributed by atoms with van der Waals surface area (Å²) >= 11 is 0. The van der Waals surface area contributed by atoms with E-state index in [1.54, 1.807) is 0 Å². The molecule has 2 heterocycles. The van der Waals surface area contributed by atoms with Crippen LogP contribution in [0.15, 0.2) is 36.4 Å². The van der Waals surface area contributed by atoms with Crippen LogP contribution in [0.3, 0.4) is 0 Å². The Bertz CT molecular complexity index is 911. The maximum atomic E-state index is 13.2. The smallest absolute Gasteiger partial charge is 0.226 e. The van der Waals surface area contributed by atoms with E-state index in [0.29, 0.717) is 23.2 Å². The number of aromatic nitrogens is 1. The Balaban J connectivity index is 1.23. The number of hydrogen-bond acceptors (Lipinski definition) is 2. The van der Waals surface area contributed by atoms with Crippen molar-refractivity contribution in [3.8, 4) is 0 Å². The first-order valence-corrected chi connectivity index (χ1v) is 11.0. The van der Waals surface area contributed by atoms with E-state index in [4.69, 9.17) is 4.98 Å². The Kier molecular flexibility index (Phi) is 4.68. The largest absolute Gasteiger partial charge is 0.342 e. The summed E-state index contributed by atoms with van der Waals surface area (Å²) in [4.78, 5) is 19.8. The van der Waals surface area contributed by atoms with Gasteiger partial charge in [-0.05, 0) is 86.3 Å². The third-order valence-corrected chi connectivity index (χ3v) is 7.42. The summed E-state index contributed by atoms with van der Waals surface area (Å²) in [7, 11) is 0. The minimum absolute atomic E-state index is 0.198. The van der Waals surface area contributed by atoms with Gasteiger partial charge >= 0.3 is 0 Å². The lowest BCUT2D eigenvalue weighted by atomic mass is 9.79. The van der Waals surface area contributed by atoms with Crippen molar-refractivity contribution in [2.45, 2.75) is 57.8 Å². The molecule has 2 saturated carbocycles. The van der Waals surface area contributed by atoms with Gasteiger partial charge in [0.15, 0.2) is 0 Å². The number of aryl methyl sites for hydroxylation is 1. The molecule has 1 amide bonds. The molecule has 0 N–H and O–H groups in total. The number of nitrogens with zero attached hydrogens (tertiary/aromatic N) is 2. The SMILES string of the molecule is Cc1cc(Cc2ccc(F)cc2)cc(C2CCN(C(=O)C3CC34CCC4)CC2)n1. The van der Waals surface area contributed by atoms with Crippen LogP contribution < -0.4 is 0 Å². The van der Waals surface area contributed by atoms with Crippen LogP contribution >= 0.6 is 0 Å². The third kappa shape index (κ3) is 3.70. The topological polar surface area (TPSA) is 33.2 Å². The van der Waals surface area contributed by atoms with Crippen molar-refractivity contribution in [2.24, 2.45) is 11.3 Å². The standard InChI is InChI=1S/C25H29FN2O/c1-17-13-19(14-18-3-5-21(26)6-4-18)15-23(27-17)20-7-11-28(12-8-20)24(29)22-16-25(22)9-2-10-25/h3-6,13,15,20,22H,2,7-12,14,16H2,1H3. The molecule has 0 bridgehead atoms. The van der Waals surface area contributed by atoms with E-state index < -0.39 is 0 Å². The first-order chi connectivity index (χ1) is 14.0. The van der Waals surface area contributed by atoms with Crippen molar-refractivity contribution < 1.29 is 9.18 Å². The number of hydrogen-bond donors (Lipinski definition) is 0. The lowest BCUT2D eigenvalue weighted by molar-refractivity contribution is -0.135. The van der Waals surface area contributed by atoms with Crippen molar-refractivity contribution in [3.63, 3.8) is 0 Å². The predicted octanol–water partition coefficient (Wildman–Crippen LogP) is 5.02. The minimum atomic E-state index is -0.198. The molecule has 1 unspecified atom stereocenters. The molecule has 4 heteroatoms. The van der Waals surface area contributed by atoms with Gasteiger partial charge in [0.05, 0.1) is 0 Å². The van der Waals surface area contributed by atoms with Gasteiger partial charge in [-0.2, -0.15) is 0 Å². The summed E-state index contributed by atoms with van der Waals surface area (Å²) in [6, 6.07) is 11.1. The summed E-state index contributed by atoms with van der Waals surface area (Å²) in [5, 5.41) is 0. The van der Waals surface area contributed by atoms with Gasteiger partial charge in [-0.15, -0.1) is 0 Å². The fraction of sp³-hybridized carbons (Fsp3) is 0.520. The van der Waals surface area contributed by atoms with Crippen LogP contribution in [0.2, 0.25) is 0 Å². The van der Waals surface area contributed by atoms with E-state index in [2.05, 4.69) is 17.0 Å². The van der Waals surface area contributed by atoms with Gasteiger partial charge < -0.3 is 4.90 Å². The molecule has 1 spiro atoms. The van der Waals surface area contributed by atoms with Gasteiger partial charge in [-0.3, -0.25) is 9.78 Å². The van der Waals surface area contributed by atoms with Gasteiger partial charge in [0, 0.05) is 36.3 Å². The molecule has 2 aromatic rings. The fourth-order valence-electron chi connectivity index (χ4n) is 5.41. The molecule has 1 atom stereocenters. The quantitative estimate of drug-likeness (QED) is 0.732. The highest BCUT2D eigenvalue weighted by Gasteiger charge is 2.61. The number of piperidine rings is 1. The number of carbonyl (C=O) groups excluding carboxylic acids is 1. The number of pyridine rings is 1. The van der Waals surface area contributed by atoms with Gasteiger partial charge in [0.25, 0.3) is 0 Å². The van der Waals surface area contributed by atoms with Crippen LogP contribution in [0.5, 0.6) is 0 Å². The molecule has 1 aliphatic heterocycles. The van der Waals surface area contributed by atoms with Crippen molar-refractivity contribution in [1.82, 2.24) is 9.88 Å². The number of carbonyl (C=O) groups is 1. The predicted molar refractivity (Wildman–Crippen MR) is 111 cm³/mol.